The first kappa shape index (κ1) is 13.7. The van der Waals surface area contributed by atoms with Crippen molar-refractivity contribution in [2.45, 2.75) is 0 Å². The molecule has 0 spiro atoms. The molecule has 0 saturated heterocycles. The second kappa shape index (κ2) is 6.48. The maximum Gasteiger partial charge on any atom is 0.178 e. The monoisotopic (exact) mass is 268 g/mol. The van der Waals surface area contributed by atoms with Gasteiger partial charge in [-0.1, -0.05) is 36.4 Å². The fourth-order valence-corrected chi connectivity index (χ4v) is 1.61. The van der Waals surface area contributed by atoms with E-state index in [4.69, 9.17) is 0 Å². The van der Waals surface area contributed by atoms with Crippen LogP contribution >= 0.6 is 0 Å². The van der Waals surface area contributed by atoms with Gasteiger partial charge < -0.3 is 5.11 Å². The van der Waals surface area contributed by atoms with Crippen molar-refractivity contribution >= 4 is 17.9 Å². The maximum absolute atomic E-state index is 12.7. The van der Waals surface area contributed by atoms with E-state index >= 15 is 0 Å². The van der Waals surface area contributed by atoms with Crippen LogP contribution in [0.5, 0.6) is 5.75 Å². The van der Waals surface area contributed by atoms with Gasteiger partial charge in [0.1, 0.15) is 11.6 Å². The third-order valence-electron chi connectivity index (χ3n) is 2.67. The molecular formula is C17H13FO2. The third kappa shape index (κ3) is 3.92. The van der Waals surface area contributed by atoms with Crippen LogP contribution < -0.4 is 0 Å². The number of hydrogen-bond donors (Lipinski definition) is 1. The van der Waals surface area contributed by atoms with E-state index in [1.807, 2.05) is 0 Å². The van der Waals surface area contributed by atoms with E-state index in [0.29, 0.717) is 5.56 Å². The predicted octanol–water partition coefficient (Wildman–Crippen LogP) is 3.83. The van der Waals surface area contributed by atoms with Gasteiger partial charge in [-0.15, -0.1) is 0 Å². The lowest BCUT2D eigenvalue weighted by molar-refractivity contribution is -0.110. The highest BCUT2D eigenvalue weighted by Crippen LogP contribution is 2.16. The average molecular weight is 268 g/mol. The van der Waals surface area contributed by atoms with E-state index in [-0.39, 0.29) is 17.3 Å². The first-order chi connectivity index (χ1) is 9.65. The molecule has 2 rings (SSSR count). The lowest BCUT2D eigenvalue weighted by atomic mass is 10.1. The van der Waals surface area contributed by atoms with Crippen LogP contribution in [0.2, 0.25) is 0 Å². The fourth-order valence-electron chi connectivity index (χ4n) is 1.61. The average Bonchev–Trinajstić information content (AvgIpc) is 2.46. The van der Waals surface area contributed by atoms with Crippen molar-refractivity contribution in [2.75, 3.05) is 0 Å². The summed E-state index contributed by atoms with van der Waals surface area (Å²) >= 11 is 0. The molecule has 0 atom stereocenters. The highest BCUT2D eigenvalue weighted by Gasteiger charge is 1.96. The number of halogens is 1. The number of phenolic OH excluding ortho intramolecular Hbond substituents is 1. The summed E-state index contributed by atoms with van der Waals surface area (Å²) in [4.78, 5) is 11.6. The van der Waals surface area contributed by atoms with E-state index < -0.39 is 0 Å². The van der Waals surface area contributed by atoms with E-state index in [0.717, 1.165) is 5.56 Å². The highest BCUT2D eigenvalue weighted by atomic mass is 19.1. The normalized spacial score (nSPS) is 11.2. The molecular weight excluding hydrogens is 255 g/mol. The molecule has 100 valence electrons. The second-order valence-electron chi connectivity index (χ2n) is 4.18. The van der Waals surface area contributed by atoms with E-state index in [1.165, 1.54) is 24.3 Å². The van der Waals surface area contributed by atoms with E-state index in [9.17, 15) is 14.3 Å². The number of carbonyl (C=O) groups excluding carboxylic acids is 1. The van der Waals surface area contributed by atoms with Gasteiger partial charge in [0.2, 0.25) is 0 Å². The zero-order chi connectivity index (χ0) is 14.4. The Morgan fingerprint density at radius 1 is 0.950 bits per heavy atom. The minimum absolute atomic E-state index is 0.124. The van der Waals surface area contributed by atoms with Gasteiger partial charge in [-0.3, -0.25) is 4.79 Å². The fraction of sp³-hybridized carbons (Fsp3) is 0. The number of phenols is 1. The number of aromatic hydroxyl groups is 1. The molecule has 0 unspecified atom stereocenters. The van der Waals surface area contributed by atoms with Crippen LogP contribution in [0.1, 0.15) is 11.1 Å². The molecule has 2 aromatic rings. The van der Waals surface area contributed by atoms with Gasteiger partial charge in [0.05, 0.1) is 0 Å². The predicted molar refractivity (Wildman–Crippen MR) is 77.6 cm³/mol. The summed E-state index contributed by atoms with van der Waals surface area (Å²) in [5, 5.41) is 9.54. The quantitative estimate of drug-likeness (QED) is 0.856. The van der Waals surface area contributed by atoms with E-state index in [1.54, 1.807) is 48.6 Å². The molecule has 0 bridgehead atoms. The van der Waals surface area contributed by atoms with E-state index in [2.05, 4.69) is 0 Å². The third-order valence-corrected chi connectivity index (χ3v) is 2.67. The summed E-state index contributed by atoms with van der Waals surface area (Å²) in [7, 11) is 0. The Hall–Kier alpha value is -2.68. The Morgan fingerprint density at radius 2 is 1.60 bits per heavy atom. The van der Waals surface area contributed by atoms with Crippen molar-refractivity contribution < 1.29 is 14.3 Å². The topological polar surface area (TPSA) is 37.3 Å². The van der Waals surface area contributed by atoms with Crippen molar-refractivity contribution in [3.8, 4) is 5.75 Å². The Morgan fingerprint density at radius 3 is 2.30 bits per heavy atom. The number of rotatable bonds is 4. The molecule has 0 aliphatic carbocycles. The Balaban J connectivity index is 2.02. The minimum atomic E-state index is -0.312. The maximum atomic E-state index is 12.7. The van der Waals surface area contributed by atoms with Gasteiger partial charge in [-0.25, -0.2) is 4.39 Å². The smallest absolute Gasteiger partial charge is 0.178 e. The molecule has 2 aromatic carbocycles. The Bertz CT molecular complexity index is 655. The summed E-state index contributed by atoms with van der Waals surface area (Å²) in [6.07, 6.45) is 5.92. The summed E-state index contributed by atoms with van der Waals surface area (Å²) in [6, 6.07) is 12.6. The molecule has 0 fully saturated rings. The first-order valence-electron chi connectivity index (χ1n) is 6.09. The summed E-state index contributed by atoms with van der Waals surface area (Å²) in [5.74, 6) is -0.399. The van der Waals surface area contributed by atoms with Crippen molar-refractivity contribution in [3.63, 3.8) is 0 Å². The summed E-state index contributed by atoms with van der Waals surface area (Å²) in [5.41, 5.74) is 1.33. The van der Waals surface area contributed by atoms with Gasteiger partial charge in [0.15, 0.2) is 5.78 Å². The molecule has 0 aliphatic rings. The van der Waals surface area contributed by atoms with Crippen LogP contribution in [0, 0.1) is 5.82 Å². The minimum Gasteiger partial charge on any atom is -0.507 e. The Kier molecular flexibility index (Phi) is 4.45. The second-order valence-corrected chi connectivity index (χ2v) is 4.18. The number of benzene rings is 2. The molecule has 0 radical (unpaired) electrons. The van der Waals surface area contributed by atoms with Crippen molar-refractivity contribution in [1.29, 1.82) is 0 Å². The van der Waals surface area contributed by atoms with Crippen molar-refractivity contribution in [1.82, 2.24) is 0 Å². The lowest BCUT2D eigenvalue weighted by Gasteiger charge is -1.96. The number of carbonyl (C=O) groups is 1. The van der Waals surface area contributed by atoms with Crippen LogP contribution in [0.3, 0.4) is 0 Å². The van der Waals surface area contributed by atoms with Gasteiger partial charge in [0, 0.05) is 5.56 Å². The van der Waals surface area contributed by atoms with Crippen LogP contribution in [0.4, 0.5) is 4.39 Å². The number of hydrogen-bond acceptors (Lipinski definition) is 2. The molecule has 0 aliphatic heterocycles. The zero-order valence-corrected chi connectivity index (χ0v) is 10.7. The van der Waals surface area contributed by atoms with Crippen LogP contribution in [0.15, 0.2) is 60.7 Å². The van der Waals surface area contributed by atoms with Gasteiger partial charge in [0.25, 0.3) is 0 Å². The van der Waals surface area contributed by atoms with Crippen molar-refractivity contribution in [3.05, 3.63) is 77.6 Å². The first-order valence-corrected chi connectivity index (χ1v) is 6.09. The molecule has 1 N–H and O–H groups in total. The van der Waals surface area contributed by atoms with Crippen LogP contribution in [-0.2, 0) is 4.79 Å². The largest absolute Gasteiger partial charge is 0.507 e. The highest BCUT2D eigenvalue weighted by molar-refractivity contribution is 6.04. The molecule has 0 heterocycles. The van der Waals surface area contributed by atoms with Crippen LogP contribution in [0.25, 0.3) is 12.2 Å². The van der Waals surface area contributed by atoms with Crippen molar-refractivity contribution in [2.24, 2.45) is 0 Å². The molecule has 2 nitrogen and oxygen atoms in total. The van der Waals surface area contributed by atoms with Gasteiger partial charge in [-0.05, 0) is 42.0 Å². The van der Waals surface area contributed by atoms with Crippen LogP contribution in [-0.4, -0.2) is 10.9 Å². The number of ketones is 1. The van der Waals surface area contributed by atoms with Gasteiger partial charge >= 0.3 is 0 Å². The molecule has 0 aromatic heterocycles. The Labute approximate surface area is 116 Å². The standard InChI is InChI=1S/C17H13FO2/c18-15-9-5-13(6-10-15)7-11-16(19)12-8-14-3-1-2-4-17(14)20/h1-12,20H. The molecule has 3 heteroatoms. The summed E-state index contributed by atoms with van der Waals surface area (Å²) in [6.45, 7) is 0. The molecule has 20 heavy (non-hydrogen) atoms. The summed E-state index contributed by atoms with van der Waals surface area (Å²) < 4.78 is 12.7. The lowest BCUT2D eigenvalue weighted by Crippen LogP contribution is -1.85. The zero-order valence-electron chi connectivity index (χ0n) is 10.7. The number of para-hydroxylation sites is 1. The molecule has 0 amide bonds. The molecule has 0 saturated carbocycles. The SMILES string of the molecule is O=C(C=Cc1ccc(F)cc1)C=Cc1ccccc1O. The van der Waals surface area contributed by atoms with Gasteiger partial charge in [-0.2, -0.15) is 0 Å². The number of allylic oxidation sites excluding steroid dienone is 2.